The van der Waals surface area contributed by atoms with E-state index in [2.05, 4.69) is 31.4 Å². The van der Waals surface area contributed by atoms with E-state index in [0.717, 1.165) is 40.8 Å². The van der Waals surface area contributed by atoms with E-state index in [1.165, 1.54) is 11.3 Å². The van der Waals surface area contributed by atoms with Crippen molar-refractivity contribution in [3.8, 4) is 5.75 Å². The van der Waals surface area contributed by atoms with Gasteiger partial charge in [0.2, 0.25) is 0 Å². The summed E-state index contributed by atoms with van der Waals surface area (Å²) in [6.07, 6.45) is 3.00. The normalized spacial score (nSPS) is 21.0. The minimum absolute atomic E-state index is 0.0392. The predicted molar refractivity (Wildman–Crippen MR) is 144 cm³/mol. The van der Waals surface area contributed by atoms with E-state index in [4.69, 9.17) is 4.74 Å². The van der Waals surface area contributed by atoms with E-state index >= 15 is 0 Å². The van der Waals surface area contributed by atoms with Crippen LogP contribution in [0.15, 0.2) is 18.2 Å². The Labute approximate surface area is 217 Å². The van der Waals surface area contributed by atoms with Crippen LogP contribution in [0.5, 0.6) is 5.75 Å². The number of ether oxygens (including phenoxy) is 1. The molecule has 0 radical (unpaired) electrons. The van der Waals surface area contributed by atoms with Crippen LogP contribution >= 0.6 is 11.3 Å². The molecule has 1 aromatic carbocycles. The number of carbonyl (C=O) groups excluding carboxylic acids is 2. The van der Waals surface area contributed by atoms with E-state index in [0.29, 0.717) is 28.7 Å². The zero-order chi connectivity index (χ0) is 26.3. The second-order valence-corrected chi connectivity index (χ2v) is 14.5. The van der Waals surface area contributed by atoms with Gasteiger partial charge in [-0.15, -0.1) is 11.3 Å². The number of anilines is 1. The van der Waals surface area contributed by atoms with Gasteiger partial charge >= 0.3 is 0 Å². The van der Waals surface area contributed by atoms with Crippen LogP contribution in [0.3, 0.4) is 0 Å². The van der Waals surface area contributed by atoms with Crippen molar-refractivity contribution in [2.45, 2.75) is 66.3 Å². The van der Waals surface area contributed by atoms with Gasteiger partial charge < -0.3 is 15.4 Å². The lowest BCUT2D eigenvalue weighted by Crippen LogP contribution is -2.36. The minimum Gasteiger partial charge on any atom is -0.483 e. The standard InChI is InChI=1S/C27H36N2O5S2/c1-16-7-6-8-17(2)24(16)34-14-22(30)29-26-23(25(31)28-19-11-12-36(32,33)15-19)20-10-9-18(27(3,4)5)13-21(20)35-26/h6-8,18-19H,9-15H2,1-5H3,(H,28,31)(H,29,30). The highest BCUT2D eigenvalue weighted by Gasteiger charge is 2.36. The second-order valence-electron chi connectivity index (χ2n) is 11.1. The van der Waals surface area contributed by atoms with Crippen molar-refractivity contribution in [3.05, 3.63) is 45.3 Å². The fourth-order valence-corrected chi connectivity index (χ4v) is 8.16. The van der Waals surface area contributed by atoms with E-state index in [1.54, 1.807) is 0 Å². The largest absolute Gasteiger partial charge is 0.483 e. The van der Waals surface area contributed by atoms with Crippen LogP contribution in [0, 0.1) is 25.2 Å². The molecular weight excluding hydrogens is 496 g/mol. The maximum Gasteiger partial charge on any atom is 0.262 e. The molecule has 2 aliphatic rings. The van der Waals surface area contributed by atoms with Gasteiger partial charge in [0.15, 0.2) is 16.4 Å². The SMILES string of the molecule is Cc1cccc(C)c1OCC(=O)Nc1sc2c(c1C(=O)NC1CCS(=O)(=O)C1)CCC(C(C)(C)C)C2. The van der Waals surface area contributed by atoms with Gasteiger partial charge in [-0.3, -0.25) is 9.59 Å². The lowest BCUT2D eigenvalue weighted by molar-refractivity contribution is -0.118. The number of aryl methyl sites for hydroxylation is 2. The molecule has 0 bridgehead atoms. The summed E-state index contributed by atoms with van der Waals surface area (Å²) in [5.74, 6) is 0.576. The van der Waals surface area contributed by atoms with E-state index < -0.39 is 15.9 Å². The summed E-state index contributed by atoms with van der Waals surface area (Å²) in [5, 5.41) is 6.37. The highest BCUT2D eigenvalue weighted by atomic mass is 32.2. The summed E-state index contributed by atoms with van der Waals surface area (Å²) >= 11 is 1.46. The number of benzene rings is 1. The molecule has 2 aromatic rings. The van der Waals surface area contributed by atoms with Crippen molar-refractivity contribution >= 4 is 38.0 Å². The predicted octanol–water partition coefficient (Wildman–Crippen LogP) is 4.45. The Morgan fingerprint density at radius 1 is 1.14 bits per heavy atom. The summed E-state index contributed by atoms with van der Waals surface area (Å²) in [6, 6.07) is 5.41. The molecule has 1 aliphatic heterocycles. The molecule has 1 saturated heterocycles. The summed E-state index contributed by atoms with van der Waals surface area (Å²) in [6.45, 7) is 10.4. The molecule has 1 aromatic heterocycles. The first-order valence-electron chi connectivity index (χ1n) is 12.5. The lowest BCUT2D eigenvalue weighted by atomic mass is 9.72. The lowest BCUT2D eigenvalue weighted by Gasteiger charge is -2.33. The molecular formula is C27H36N2O5S2. The monoisotopic (exact) mass is 532 g/mol. The second kappa shape index (κ2) is 10.2. The van der Waals surface area contributed by atoms with Crippen LogP contribution in [0.25, 0.3) is 0 Å². The number of rotatable bonds is 6. The summed E-state index contributed by atoms with van der Waals surface area (Å²) in [5.41, 5.74) is 3.51. The maximum absolute atomic E-state index is 13.4. The third kappa shape index (κ3) is 5.94. The molecule has 2 amide bonds. The number of nitrogens with one attached hydrogen (secondary N) is 2. The highest BCUT2D eigenvalue weighted by molar-refractivity contribution is 7.91. The van der Waals surface area contributed by atoms with Gasteiger partial charge in [0.25, 0.3) is 11.8 Å². The van der Waals surface area contributed by atoms with Gasteiger partial charge in [0, 0.05) is 10.9 Å². The Hall–Kier alpha value is -2.39. The van der Waals surface area contributed by atoms with Crippen molar-refractivity contribution in [2.24, 2.45) is 11.3 Å². The van der Waals surface area contributed by atoms with Crippen molar-refractivity contribution < 1.29 is 22.7 Å². The fourth-order valence-electron chi connectivity index (χ4n) is 5.15. The molecule has 0 spiro atoms. The summed E-state index contributed by atoms with van der Waals surface area (Å²) < 4.78 is 29.6. The minimum atomic E-state index is -3.12. The topological polar surface area (TPSA) is 102 Å². The van der Waals surface area contributed by atoms with Crippen LogP contribution in [-0.2, 0) is 27.5 Å². The number of thiophene rings is 1. The third-order valence-electron chi connectivity index (χ3n) is 7.29. The molecule has 2 atom stereocenters. The highest BCUT2D eigenvalue weighted by Crippen LogP contribution is 2.44. The maximum atomic E-state index is 13.4. The van der Waals surface area contributed by atoms with Crippen LogP contribution in [-0.4, -0.2) is 44.4 Å². The number of amides is 2. The third-order valence-corrected chi connectivity index (χ3v) is 10.2. The average Bonchev–Trinajstić information content (AvgIpc) is 3.30. The molecule has 1 aliphatic carbocycles. The molecule has 7 nitrogen and oxygen atoms in total. The summed E-state index contributed by atoms with van der Waals surface area (Å²) in [4.78, 5) is 27.4. The number of hydrogen-bond acceptors (Lipinski definition) is 6. The van der Waals surface area contributed by atoms with Gasteiger partial charge in [-0.1, -0.05) is 39.0 Å². The van der Waals surface area contributed by atoms with Crippen molar-refractivity contribution in [1.29, 1.82) is 0 Å². The molecule has 9 heteroatoms. The van der Waals surface area contributed by atoms with Gasteiger partial charge in [0.05, 0.1) is 17.1 Å². The number of fused-ring (bicyclic) bond motifs is 1. The van der Waals surface area contributed by atoms with E-state index in [1.807, 2.05) is 32.0 Å². The Morgan fingerprint density at radius 2 is 1.83 bits per heavy atom. The molecule has 0 saturated carbocycles. The van der Waals surface area contributed by atoms with Crippen LogP contribution < -0.4 is 15.4 Å². The number of sulfone groups is 1. The van der Waals surface area contributed by atoms with Crippen molar-refractivity contribution in [1.82, 2.24) is 5.32 Å². The zero-order valence-corrected chi connectivity index (χ0v) is 23.3. The average molecular weight is 533 g/mol. The Bertz CT molecular complexity index is 1250. The van der Waals surface area contributed by atoms with Crippen molar-refractivity contribution in [2.75, 3.05) is 23.4 Å². The first-order valence-corrected chi connectivity index (χ1v) is 15.1. The smallest absolute Gasteiger partial charge is 0.262 e. The Kier molecular flexibility index (Phi) is 7.53. The van der Waals surface area contributed by atoms with Gasteiger partial charge in [-0.2, -0.15) is 0 Å². The quantitative estimate of drug-likeness (QED) is 0.572. The molecule has 2 N–H and O–H groups in total. The first-order chi connectivity index (χ1) is 16.8. The van der Waals surface area contributed by atoms with Crippen LogP contribution in [0.1, 0.15) is 65.5 Å². The van der Waals surface area contributed by atoms with Gasteiger partial charge in [0.1, 0.15) is 10.8 Å². The Morgan fingerprint density at radius 3 is 2.44 bits per heavy atom. The molecule has 36 heavy (non-hydrogen) atoms. The molecule has 2 heterocycles. The first kappa shape index (κ1) is 26.7. The van der Waals surface area contributed by atoms with Gasteiger partial charge in [-0.05, 0) is 67.6 Å². The van der Waals surface area contributed by atoms with E-state index in [9.17, 15) is 18.0 Å². The summed E-state index contributed by atoms with van der Waals surface area (Å²) in [7, 11) is -3.12. The zero-order valence-electron chi connectivity index (χ0n) is 21.7. The van der Waals surface area contributed by atoms with Gasteiger partial charge in [-0.25, -0.2) is 8.42 Å². The molecule has 4 rings (SSSR count). The van der Waals surface area contributed by atoms with E-state index in [-0.39, 0.29) is 35.3 Å². The molecule has 1 fully saturated rings. The molecule has 2 unspecified atom stereocenters. The molecule has 196 valence electrons. The van der Waals surface area contributed by atoms with Crippen molar-refractivity contribution in [3.63, 3.8) is 0 Å². The number of carbonyl (C=O) groups is 2. The number of para-hydroxylation sites is 1. The van der Waals surface area contributed by atoms with Crippen LogP contribution in [0.4, 0.5) is 5.00 Å². The fraction of sp³-hybridized carbons (Fsp3) is 0.556. The van der Waals surface area contributed by atoms with Crippen LogP contribution in [0.2, 0.25) is 0 Å². The number of hydrogen-bond donors (Lipinski definition) is 2. The Balaban J connectivity index is 1.56.